The van der Waals surface area contributed by atoms with E-state index in [0.29, 0.717) is 18.2 Å². The number of likely N-dealkylation sites (tertiary alicyclic amines) is 1. The fourth-order valence-corrected chi connectivity index (χ4v) is 3.73. The summed E-state index contributed by atoms with van der Waals surface area (Å²) in [7, 11) is 0. The molecule has 4 heteroatoms. The van der Waals surface area contributed by atoms with Gasteiger partial charge in [-0.3, -0.25) is 4.90 Å². The molecule has 1 aromatic rings. The summed E-state index contributed by atoms with van der Waals surface area (Å²) in [5.74, 6) is -0.696. The van der Waals surface area contributed by atoms with Gasteiger partial charge in [-0.1, -0.05) is 18.9 Å². The van der Waals surface area contributed by atoms with Gasteiger partial charge in [0.05, 0.1) is 5.56 Å². The van der Waals surface area contributed by atoms with Gasteiger partial charge in [-0.05, 0) is 43.9 Å². The summed E-state index contributed by atoms with van der Waals surface area (Å²) in [6, 6.07) is 4.85. The van der Waals surface area contributed by atoms with E-state index in [1.54, 1.807) is 6.07 Å². The number of rotatable bonds is 3. The molecular formula is C16H20FNO2. The lowest BCUT2D eigenvalue weighted by atomic mass is 9.85. The highest BCUT2D eigenvalue weighted by Gasteiger charge is 2.35. The second-order valence-electron chi connectivity index (χ2n) is 5.98. The second kappa shape index (κ2) is 5.52. The van der Waals surface area contributed by atoms with Crippen molar-refractivity contribution in [1.29, 1.82) is 0 Å². The average molecular weight is 277 g/mol. The van der Waals surface area contributed by atoms with Gasteiger partial charge in [-0.25, -0.2) is 9.18 Å². The molecule has 0 aromatic heterocycles. The van der Waals surface area contributed by atoms with Crippen LogP contribution in [0.5, 0.6) is 0 Å². The Morgan fingerprint density at radius 1 is 1.30 bits per heavy atom. The van der Waals surface area contributed by atoms with Crippen molar-refractivity contribution < 1.29 is 14.3 Å². The molecule has 108 valence electrons. The lowest BCUT2D eigenvalue weighted by Crippen LogP contribution is -2.34. The first-order valence-corrected chi connectivity index (χ1v) is 7.41. The summed E-state index contributed by atoms with van der Waals surface area (Å²) in [6.07, 6.45) is 6.36. The Kier molecular flexibility index (Phi) is 3.74. The third kappa shape index (κ3) is 2.57. The molecular weight excluding hydrogens is 257 g/mol. The molecule has 2 aliphatic rings. The molecule has 2 unspecified atom stereocenters. The molecule has 1 N–H and O–H groups in total. The monoisotopic (exact) mass is 277 g/mol. The zero-order valence-corrected chi connectivity index (χ0v) is 11.5. The smallest absolute Gasteiger partial charge is 0.335 e. The van der Waals surface area contributed by atoms with E-state index in [1.165, 1.54) is 38.2 Å². The molecule has 1 saturated carbocycles. The summed E-state index contributed by atoms with van der Waals surface area (Å²) in [5.41, 5.74) is 0.629. The van der Waals surface area contributed by atoms with Gasteiger partial charge in [0.25, 0.3) is 0 Å². The van der Waals surface area contributed by atoms with Crippen LogP contribution in [0.4, 0.5) is 4.39 Å². The first-order valence-electron chi connectivity index (χ1n) is 7.41. The van der Waals surface area contributed by atoms with Gasteiger partial charge in [-0.2, -0.15) is 0 Å². The van der Waals surface area contributed by atoms with Crippen LogP contribution < -0.4 is 0 Å². The fraction of sp³-hybridized carbons (Fsp3) is 0.562. The number of carboxylic acids is 1. The Balaban J connectivity index is 1.73. The normalized spacial score (nSPS) is 26.4. The number of fused-ring (bicyclic) bond motifs is 1. The zero-order chi connectivity index (χ0) is 14.1. The van der Waals surface area contributed by atoms with Crippen molar-refractivity contribution in [1.82, 2.24) is 4.90 Å². The van der Waals surface area contributed by atoms with E-state index in [9.17, 15) is 9.18 Å². The SMILES string of the molecule is O=C(O)c1ccc(CN2CCC3CCCCC32)c(F)c1. The summed E-state index contributed by atoms with van der Waals surface area (Å²) in [4.78, 5) is 13.2. The topological polar surface area (TPSA) is 40.5 Å². The number of nitrogens with zero attached hydrogens (tertiary/aromatic N) is 1. The number of benzene rings is 1. The number of hydrogen-bond acceptors (Lipinski definition) is 2. The number of carboxylic acid groups (broad SMARTS) is 1. The van der Waals surface area contributed by atoms with E-state index in [2.05, 4.69) is 4.90 Å². The summed E-state index contributed by atoms with van der Waals surface area (Å²) in [5, 5.41) is 8.86. The first kappa shape index (κ1) is 13.6. The van der Waals surface area contributed by atoms with Gasteiger partial charge in [0.15, 0.2) is 0 Å². The summed E-state index contributed by atoms with van der Waals surface area (Å²) in [6.45, 7) is 1.64. The van der Waals surface area contributed by atoms with Crippen LogP contribution in [-0.4, -0.2) is 28.6 Å². The van der Waals surface area contributed by atoms with Crippen LogP contribution in [0.15, 0.2) is 18.2 Å². The van der Waals surface area contributed by atoms with E-state index < -0.39 is 11.8 Å². The minimum atomic E-state index is -1.08. The number of carbonyl (C=O) groups is 1. The van der Waals surface area contributed by atoms with E-state index >= 15 is 0 Å². The molecule has 1 aliphatic heterocycles. The molecule has 1 saturated heterocycles. The highest BCUT2D eigenvalue weighted by Crippen LogP contribution is 2.37. The molecule has 0 amide bonds. The molecule has 0 spiro atoms. The second-order valence-corrected chi connectivity index (χ2v) is 5.98. The van der Waals surface area contributed by atoms with Crippen LogP contribution in [0, 0.1) is 11.7 Å². The Morgan fingerprint density at radius 3 is 2.85 bits per heavy atom. The van der Waals surface area contributed by atoms with Gasteiger partial charge >= 0.3 is 5.97 Å². The van der Waals surface area contributed by atoms with Crippen molar-refractivity contribution in [2.24, 2.45) is 5.92 Å². The van der Waals surface area contributed by atoms with Gasteiger partial charge in [0.2, 0.25) is 0 Å². The van der Waals surface area contributed by atoms with Crippen LogP contribution in [0.1, 0.15) is 48.0 Å². The molecule has 2 atom stereocenters. The van der Waals surface area contributed by atoms with Gasteiger partial charge in [0.1, 0.15) is 5.82 Å². The maximum Gasteiger partial charge on any atom is 0.335 e. The molecule has 3 rings (SSSR count). The Bertz CT molecular complexity index is 517. The van der Waals surface area contributed by atoms with Crippen LogP contribution in [0.2, 0.25) is 0 Å². The number of hydrogen-bond donors (Lipinski definition) is 1. The predicted molar refractivity (Wildman–Crippen MR) is 74.1 cm³/mol. The minimum Gasteiger partial charge on any atom is -0.478 e. The molecule has 0 bridgehead atoms. The number of halogens is 1. The molecule has 1 aliphatic carbocycles. The van der Waals surface area contributed by atoms with Crippen molar-refractivity contribution >= 4 is 5.97 Å². The van der Waals surface area contributed by atoms with Crippen LogP contribution in [-0.2, 0) is 6.54 Å². The zero-order valence-electron chi connectivity index (χ0n) is 11.5. The van der Waals surface area contributed by atoms with Gasteiger partial charge in [-0.15, -0.1) is 0 Å². The largest absolute Gasteiger partial charge is 0.478 e. The third-order valence-corrected chi connectivity index (χ3v) is 4.80. The minimum absolute atomic E-state index is 0.0169. The van der Waals surface area contributed by atoms with Crippen molar-refractivity contribution in [3.05, 3.63) is 35.1 Å². The first-order chi connectivity index (χ1) is 9.65. The van der Waals surface area contributed by atoms with E-state index in [4.69, 9.17) is 5.11 Å². The molecule has 1 heterocycles. The van der Waals surface area contributed by atoms with Crippen LogP contribution >= 0.6 is 0 Å². The quantitative estimate of drug-likeness (QED) is 0.921. The Labute approximate surface area is 118 Å². The molecule has 0 radical (unpaired) electrons. The van der Waals surface area contributed by atoms with Crippen LogP contribution in [0.3, 0.4) is 0 Å². The van der Waals surface area contributed by atoms with Crippen molar-refractivity contribution in [2.45, 2.75) is 44.7 Å². The molecule has 3 nitrogen and oxygen atoms in total. The Morgan fingerprint density at radius 2 is 2.10 bits per heavy atom. The molecule has 20 heavy (non-hydrogen) atoms. The summed E-state index contributed by atoms with van der Waals surface area (Å²) < 4.78 is 14.0. The standard InChI is InChI=1S/C16H20FNO2/c17-14-9-12(16(19)20)5-6-13(14)10-18-8-7-11-3-1-2-4-15(11)18/h5-6,9,11,15H,1-4,7-8,10H2,(H,19,20). The van der Waals surface area contributed by atoms with Gasteiger partial charge < -0.3 is 5.11 Å². The predicted octanol–water partition coefficient (Wildman–Crippen LogP) is 3.29. The Hall–Kier alpha value is -1.42. The van der Waals surface area contributed by atoms with Crippen molar-refractivity contribution in [3.8, 4) is 0 Å². The van der Waals surface area contributed by atoms with Gasteiger partial charge in [0, 0.05) is 18.2 Å². The molecule has 2 fully saturated rings. The average Bonchev–Trinajstić information content (AvgIpc) is 2.84. The summed E-state index contributed by atoms with van der Waals surface area (Å²) >= 11 is 0. The maximum atomic E-state index is 14.0. The van der Waals surface area contributed by atoms with E-state index in [-0.39, 0.29) is 5.56 Å². The highest BCUT2D eigenvalue weighted by molar-refractivity contribution is 5.87. The highest BCUT2D eigenvalue weighted by atomic mass is 19.1. The van der Waals surface area contributed by atoms with Crippen molar-refractivity contribution in [2.75, 3.05) is 6.54 Å². The lowest BCUT2D eigenvalue weighted by molar-refractivity contribution is 0.0696. The maximum absolute atomic E-state index is 14.0. The van der Waals surface area contributed by atoms with E-state index in [0.717, 1.165) is 18.5 Å². The third-order valence-electron chi connectivity index (χ3n) is 4.80. The fourth-order valence-electron chi connectivity index (χ4n) is 3.73. The van der Waals surface area contributed by atoms with Crippen LogP contribution in [0.25, 0.3) is 0 Å². The van der Waals surface area contributed by atoms with E-state index in [1.807, 2.05) is 0 Å². The van der Waals surface area contributed by atoms with Crippen molar-refractivity contribution in [3.63, 3.8) is 0 Å². The lowest BCUT2D eigenvalue weighted by Gasteiger charge is -2.31. The number of aromatic carboxylic acids is 1. The molecule has 1 aromatic carbocycles.